The molecular formula is C9H16O10. The van der Waals surface area contributed by atoms with Crippen LogP contribution in [-0.2, 0) is 9.47 Å². The number of ether oxygens (including phenoxy) is 2. The summed E-state index contributed by atoms with van der Waals surface area (Å²) in [5.74, 6) is 0. The summed E-state index contributed by atoms with van der Waals surface area (Å²) >= 11 is 0. The molecule has 0 aliphatic rings. The molecule has 0 bridgehead atoms. The first-order chi connectivity index (χ1) is 8.76. The van der Waals surface area contributed by atoms with E-state index >= 15 is 0 Å². The Labute approximate surface area is 107 Å². The quantitative estimate of drug-likeness (QED) is 0.345. The zero-order valence-electron chi connectivity index (χ0n) is 10.1. The highest BCUT2D eigenvalue weighted by Gasteiger charge is 2.24. The monoisotopic (exact) mass is 284 g/mol. The highest BCUT2D eigenvalue weighted by atomic mass is 16.8. The number of hydrogen-bond donors (Lipinski definition) is 5. The average Bonchev–Trinajstić information content (AvgIpc) is 2.31. The maximum Gasteiger partial charge on any atom is 0.528 e. The van der Waals surface area contributed by atoms with E-state index in [1.54, 1.807) is 0 Å². The smallest absolute Gasteiger partial charge is 0.449 e. The van der Waals surface area contributed by atoms with Gasteiger partial charge in [-0.15, -0.1) is 0 Å². The van der Waals surface area contributed by atoms with E-state index in [4.69, 9.17) is 25.5 Å². The summed E-state index contributed by atoms with van der Waals surface area (Å²) in [7, 11) is 0. The summed E-state index contributed by atoms with van der Waals surface area (Å²) in [6, 6.07) is 0. The third-order valence-corrected chi connectivity index (χ3v) is 2.10. The van der Waals surface area contributed by atoms with Crippen LogP contribution in [-0.4, -0.2) is 63.8 Å². The third-order valence-electron chi connectivity index (χ3n) is 2.10. The Balaban J connectivity index is 0. The van der Waals surface area contributed by atoms with Gasteiger partial charge in [0.05, 0.1) is 19.8 Å². The van der Waals surface area contributed by atoms with Crippen LogP contribution in [0.3, 0.4) is 0 Å². The molecular weight excluding hydrogens is 268 g/mol. The van der Waals surface area contributed by atoms with E-state index in [9.17, 15) is 14.4 Å². The van der Waals surface area contributed by atoms with Crippen molar-refractivity contribution >= 4 is 18.5 Å². The van der Waals surface area contributed by atoms with Gasteiger partial charge >= 0.3 is 18.5 Å². The Hall–Kier alpha value is -1.91. The molecule has 0 saturated carbocycles. The van der Waals surface area contributed by atoms with Gasteiger partial charge in [-0.25, -0.2) is 14.4 Å². The molecule has 112 valence electrons. The van der Waals surface area contributed by atoms with Crippen molar-refractivity contribution in [3.8, 4) is 0 Å². The van der Waals surface area contributed by atoms with Crippen LogP contribution in [0.5, 0.6) is 0 Å². The molecule has 0 aliphatic carbocycles. The maximum absolute atomic E-state index is 9.86. The van der Waals surface area contributed by atoms with Gasteiger partial charge in [-0.3, -0.25) is 0 Å². The second-order valence-electron chi connectivity index (χ2n) is 3.31. The van der Waals surface area contributed by atoms with E-state index < -0.39 is 23.9 Å². The van der Waals surface area contributed by atoms with Crippen LogP contribution in [0.2, 0.25) is 0 Å². The minimum absolute atomic E-state index is 0.156. The highest BCUT2D eigenvalue weighted by molar-refractivity contribution is 5.82. The Kier molecular flexibility index (Phi) is 10.3. The second kappa shape index (κ2) is 10.1. The Morgan fingerprint density at radius 1 is 0.895 bits per heavy atom. The minimum atomic E-state index is -1.92. The fraction of sp³-hybridized carbons (Fsp3) is 0.667. The second-order valence-corrected chi connectivity index (χ2v) is 3.31. The van der Waals surface area contributed by atoms with Crippen LogP contribution in [0.1, 0.15) is 13.3 Å². The van der Waals surface area contributed by atoms with E-state index in [1.807, 2.05) is 6.92 Å². The number of carboxylic acid groups (broad SMARTS) is 2. The van der Waals surface area contributed by atoms with Crippen LogP contribution in [0.15, 0.2) is 0 Å². The zero-order valence-corrected chi connectivity index (χ0v) is 10.1. The topological polar surface area (TPSA) is 171 Å². The van der Waals surface area contributed by atoms with E-state index in [2.05, 4.69) is 9.47 Å². The van der Waals surface area contributed by atoms with Crippen LogP contribution in [0.4, 0.5) is 14.4 Å². The maximum atomic E-state index is 9.86. The predicted octanol–water partition coefficient (Wildman–Crippen LogP) is -0.145. The molecule has 0 rings (SSSR count). The summed E-state index contributed by atoms with van der Waals surface area (Å²) < 4.78 is 6.47. The van der Waals surface area contributed by atoms with Gasteiger partial charge in [0, 0.05) is 5.41 Å². The van der Waals surface area contributed by atoms with Gasteiger partial charge in [-0.05, 0) is 6.42 Å². The van der Waals surface area contributed by atoms with Crippen molar-refractivity contribution < 1.29 is 49.4 Å². The molecule has 0 aliphatic heterocycles. The average molecular weight is 284 g/mol. The molecule has 0 saturated heterocycles. The largest absolute Gasteiger partial charge is 0.528 e. The van der Waals surface area contributed by atoms with E-state index in [1.165, 1.54) is 0 Å². The lowest BCUT2D eigenvalue weighted by molar-refractivity contribution is 0.00302. The van der Waals surface area contributed by atoms with Crippen molar-refractivity contribution in [3.05, 3.63) is 0 Å². The molecule has 0 aromatic rings. The first-order valence-corrected chi connectivity index (χ1v) is 4.95. The van der Waals surface area contributed by atoms with Crippen molar-refractivity contribution in [2.45, 2.75) is 13.3 Å². The molecule has 0 fully saturated rings. The Bertz CT molecular complexity index is 260. The third kappa shape index (κ3) is 9.76. The van der Waals surface area contributed by atoms with Crippen molar-refractivity contribution in [1.29, 1.82) is 0 Å². The van der Waals surface area contributed by atoms with E-state index in [-0.39, 0.29) is 19.8 Å². The first-order valence-electron chi connectivity index (χ1n) is 4.95. The van der Waals surface area contributed by atoms with Crippen molar-refractivity contribution in [2.24, 2.45) is 5.41 Å². The van der Waals surface area contributed by atoms with Crippen LogP contribution >= 0.6 is 0 Å². The number of aliphatic hydroxyl groups excluding tert-OH is 3. The molecule has 0 spiro atoms. The van der Waals surface area contributed by atoms with Gasteiger partial charge in [-0.2, -0.15) is 0 Å². The Morgan fingerprint density at radius 2 is 1.21 bits per heavy atom. The van der Waals surface area contributed by atoms with Gasteiger partial charge in [0.1, 0.15) is 0 Å². The summed E-state index contributed by atoms with van der Waals surface area (Å²) in [6.45, 7) is 1.35. The molecule has 0 radical (unpaired) electrons. The summed E-state index contributed by atoms with van der Waals surface area (Å²) in [5.41, 5.74) is -0.667. The normalized spacial score (nSPS) is 9.89. The van der Waals surface area contributed by atoms with Gasteiger partial charge < -0.3 is 35.0 Å². The molecule has 5 N–H and O–H groups in total. The van der Waals surface area contributed by atoms with Gasteiger partial charge in [0.15, 0.2) is 0 Å². The molecule has 0 atom stereocenters. The fourth-order valence-electron chi connectivity index (χ4n) is 0.649. The lowest BCUT2D eigenvalue weighted by atomic mass is 9.88. The molecule has 19 heavy (non-hydrogen) atoms. The fourth-order valence-corrected chi connectivity index (χ4v) is 0.649. The van der Waals surface area contributed by atoms with Crippen LogP contribution in [0, 0.1) is 5.41 Å². The number of hydrogen-bond acceptors (Lipinski definition) is 8. The van der Waals surface area contributed by atoms with E-state index in [0.717, 1.165) is 0 Å². The standard InChI is InChI=1S/C6H14O3.C3H2O7/c1-2-6(3-7,4-8)5-9;4-1(5)9-3(8)10-2(6)7/h7-9H,2-5H2,1H3;(H,4,5)(H,6,7). The summed E-state index contributed by atoms with van der Waals surface area (Å²) in [5, 5.41) is 41.3. The van der Waals surface area contributed by atoms with Crippen molar-refractivity contribution in [1.82, 2.24) is 0 Å². The Morgan fingerprint density at radius 3 is 1.32 bits per heavy atom. The lowest BCUT2D eigenvalue weighted by Gasteiger charge is -2.24. The van der Waals surface area contributed by atoms with Crippen molar-refractivity contribution in [2.75, 3.05) is 19.8 Å². The van der Waals surface area contributed by atoms with Gasteiger partial charge in [0.25, 0.3) is 0 Å². The highest BCUT2D eigenvalue weighted by Crippen LogP contribution is 2.18. The minimum Gasteiger partial charge on any atom is -0.449 e. The molecule has 0 unspecified atom stereocenters. The molecule has 0 aromatic carbocycles. The summed E-state index contributed by atoms with van der Waals surface area (Å²) in [4.78, 5) is 28.8. The SMILES string of the molecule is CCC(CO)(CO)CO.O=C(O)OC(=O)OC(=O)O. The molecule has 10 heteroatoms. The number of carbonyl (C=O) groups is 3. The van der Waals surface area contributed by atoms with Crippen LogP contribution < -0.4 is 0 Å². The predicted molar refractivity (Wildman–Crippen MR) is 57.6 cm³/mol. The first kappa shape index (κ1) is 19.4. The van der Waals surface area contributed by atoms with Gasteiger partial charge in [-0.1, -0.05) is 6.92 Å². The number of aliphatic hydroxyl groups is 3. The molecule has 10 nitrogen and oxygen atoms in total. The molecule has 0 aromatic heterocycles. The van der Waals surface area contributed by atoms with Crippen molar-refractivity contribution in [3.63, 3.8) is 0 Å². The van der Waals surface area contributed by atoms with Crippen LogP contribution in [0.25, 0.3) is 0 Å². The number of carbonyl (C=O) groups excluding carboxylic acids is 1. The summed E-state index contributed by atoms with van der Waals surface area (Å²) in [6.07, 6.45) is -5.05. The molecule has 0 heterocycles. The molecule has 0 amide bonds. The van der Waals surface area contributed by atoms with E-state index in [0.29, 0.717) is 6.42 Å². The zero-order chi connectivity index (χ0) is 15.5. The van der Waals surface area contributed by atoms with Gasteiger partial charge in [0.2, 0.25) is 0 Å². The number of rotatable bonds is 4. The lowest BCUT2D eigenvalue weighted by Crippen LogP contribution is -2.32.